The minimum Gasteiger partial charge on any atom is -0.349 e. The van der Waals surface area contributed by atoms with Gasteiger partial charge in [-0.2, -0.15) is 0 Å². The van der Waals surface area contributed by atoms with Crippen LogP contribution in [0.15, 0.2) is 48.5 Å². The molecule has 0 saturated heterocycles. The first-order valence-corrected chi connectivity index (χ1v) is 11.2. The van der Waals surface area contributed by atoms with Gasteiger partial charge in [0.25, 0.3) is 0 Å². The molecule has 0 aliphatic carbocycles. The average molecular weight is 407 g/mol. The van der Waals surface area contributed by atoms with E-state index in [1.807, 2.05) is 38.1 Å². The monoisotopic (exact) mass is 406 g/mol. The number of halogens is 1. The highest BCUT2D eigenvalue weighted by atomic mass is 32.2. The first kappa shape index (κ1) is 21.9. The maximum atomic E-state index is 14.0. The zero-order chi connectivity index (χ0) is 20.7. The Hall–Kier alpha value is -2.41. The molecule has 28 heavy (non-hydrogen) atoms. The van der Waals surface area contributed by atoms with Crippen LogP contribution in [0, 0.1) is 12.7 Å². The number of para-hydroxylation sites is 1. The van der Waals surface area contributed by atoms with Gasteiger partial charge in [0.15, 0.2) is 0 Å². The topological polar surface area (TPSA) is 66.5 Å². The predicted molar refractivity (Wildman–Crippen MR) is 110 cm³/mol. The summed E-state index contributed by atoms with van der Waals surface area (Å²) in [5, 5.41) is 3.01. The van der Waals surface area contributed by atoms with Crippen LogP contribution in [0.2, 0.25) is 0 Å². The summed E-state index contributed by atoms with van der Waals surface area (Å²) in [6.45, 7) is 4.04. The highest BCUT2D eigenvalue weighted by molar-refractivity contribution is 7.92. The van der Waals surface area contributed by atoms with E-state index in [4.69, 9.17) is 0 Å². The Labute approximate surface area is 166 Å². The molecule has 2 aromatic rings. The second-order valence-electron chi connectivity index (χ2n) is 6.78. The zero-order valence-electron chi connectivity index (χ0n) is 16.5. The molecule has 0 aromatic heterocycles. The van der Waals surface area contributed by atoms with Crippen LogP contribution in [0.3, 0.4) is 0 Å². The standard InChI is InChI=1S/C21H27FN2O3S/c1-4-19(17-11-6-5-10-16(17)2)23-21(25)14-9-15-24(28(3,26)27)20-13-8-7-12-18(20)22/h5-8,10-13,19H,4,9,14-15H2,1-3H3,(H,23,25)/t19-/m1/s1. The molecule has 0 saturated carbocycles. The molecule has 1 atom stereocenters. The molecule has 0 spiro atoms. The number of amides is 1. The van der Waals surface area contributed by atoms with Gasteiger partial charge in [-0.1, -0.05) is 43.3 Å². The van der Waals surface area contributed by atoms with E-state index in [0.29, 0.717) is 0 Å². The fourth-order valence-corrected chi connectivity index (χ4v) is 4.11. The number of rotatable bonds is 9. The van der Waals surface area contributed by atoms with E-state index in [1.54, 1.807) is 6.07 Å². The number of anilines is 1. The molecule has 0 heterocycles. The average Bonchev–Trinajstić information content (AvgIpc) is 2.64. The molecule has 1 N–H and O–H groups in total. The SMILES string of the molecule is CC[C@@H](NC(=O)CCCN(c1ccccc1F)S(C)(=O)=O)c1ccccc1C. The predicted octanol–water partition coefficient (Wildman–Crippen LogP) is 3.95. The Bertz CT molecular complexity index is 915. The Morgan fingerprint density at radius 1 is 1.14 bits per heavy atom. The summed E-state index contributed by atoms with van der Waals surface area (Å²) in [7, 11) is -3.65. The zero-order valence-corrected chi connectivity index (χ0v) is 17.3. The van der Waals surface area contributed by atoms with Crippen LogP contribution >= 0.6 is 0 Å². The van der Waals surface area contributed by atoms with Crippen molar-refractivity contribution in [2.45, 2.75) is 39.2 Å². The minimum absolute atomic E-state index is 0.00301. The number of hydrogen-bond donors (Lipinski definition) is 1. The second-order valence-corrected chi connectivity index (χ2v) is 8.68. The van der Waals surface area contributed by atoms with Crippen LogP contribution in [0.4, 0.5) is 10.1 Å². The maximum absolute atomic E-state index is 14.0. The molecule has 7 heteroatoms. The fraction of sp³-hybridized carbons (Fsp3) is 0.381. The third-order valence-corrected chi connectivity index (χ3v) is 5.77. The van der Waals surface area contributed by atoms with Gasteiger partial charge in [0.1, 0.15) is 5.82 Å². The number of aryl methyl sites for hydroxylation is 1. The molecule has 0 radical (unpaired) electrons. The molecular formula is C21H27FN2O3S. The van der Waals surface area contributed by atoms with E-state index in [1.165, 1.54) is 18.2 Å². The van der Waals surface area contributed by atoms with Gasteiger partial charge < -0.3 is 5.32 Å². The molecule has 5 nitrogen and oxygen atoms in total. The smallest absolute Gasteiger partial charge is 0.232 e. The van der Waals surface area contributed by atoms with Crippen molar-refractivity contribution >= 4 is 21.6 Å². The Balaban J connectivity index is 1.99. The van der Waals surface area contributed by atoms with Crippen LogP contribution in [-0.2, 0) is 14.8 Å². The van der Waals surface area contributed by atoms with Gasteiger partial charge in [0.2, 0.25) is 15.9 Å². The van der Waals surface area contributed by atoms with Crippen molar-refractivity contribution in [3.05, 3.63) is 65.5 Å². The lowest BCUT2D eigenvalue weighted by Crippen LogP contribution is -2.33. The summed E-state index contributed by atoms with van der Waals surface area (Å²) < 4.78 is 39.2. The molecule has 0 fully saturated rings. The molecule has 1 amide bonds. The third-order valence-electron chi connectivity index (χ3n) is 4.59. The van der Waals surface area contributed by atoms with Gasteiger partial charge in [0.05, 0.1) is 18.0 Å². The fourth-order valence-electron chi connectivity index (χ4n) is 3.15. The van der Waals surface area contributed by atoms with E-state index < -0.39 is 15.8 Å². The van der Waals surface area contributed by atoms with Crippen LogP contribution in [0.1, 0.15) is 43.4 Å². The maximum Gasteiger partial charge on any atom is 0.232 e. The first-order valence-electron chi connectivity index (χ1n) is 9.31. The third kappa shape index (κ3) is 5.79. The Morgan fingerprint density at radius 3 is 2.39 bits per heavy atom. The lowest BCUT2D eigenvalue weighted by atomic mass is 9.99. The number of benzene rings is 2. The van der Waals surface area contributed by atoms with Crippen molar-refractivity contribution in [1.82, 2.24) is 5.32 Å². The number of nitrogens with one attached hydrogen (secondary N) is 1. The highest BCUT2D eigenvalue weighted by Crippen LogP contribution is 2.23. The van der Waals surface area contributed by atoms with E-state index in [2.05, 4.69) is 5.32 Å². The molecule has 152 valence electrons. The summed E-state index contributed by atoms with van der Waals surface area (Å²) in [6, 6.07) is 13.5. The molecular weight excluding hydrogens is 379 g/mol. The lowest BCUT2D eigenvalue weighted by Gasteiger charge is -2.23. The molecule has 2 rings (SSSR count). The normalized spacial score (nSPS) is 12.4. The minimum atomic E-state index is -3.65. The largest absolute Gasteiger partial charge is 0.349 e. The van der Waals surface area contributed by atoms with E-state index >= 15 is 0 Å². The van der Waals surface area contributed by atoms with E-state index in [0.717, 1.165) is 28.1 Å². The summed E-state index contributed by atoms with van der Waals surface area (Å²) in [6.07, 6.45) is 2.23. The van der Waals surface area contributed by atoms with Gasteiger partial charge in [-0.15, -0.1) is 0 Å². The van der Waals surface area contributed by atoms with Crippen LogP contribution in [0.5, 0.6) is 0 Å². The molecule has 0 bridgehead atoms. The van der Waals surface area contributed by atoms with E-state index in [-0.39, 0.29) is 37.0 Å². The summed E-state index contributed by atoms with van der Waals surface area (Å²) in [5.41, 5.74) is 2.18. The Kier molecular flexibility index (Phi) is 7.57. The summed E-state index contributed by atoms with van der Waals surface area (Å²) >= 11 is 0. The number of carbonyl (C=O) groups is 1. The van der Waals surface area contributed by atoms with Crippen molar-refractivity contribution in [3.63, 3.8) is 0 Å². The highest BCUT2D eigenvalue weighted by Gasteiger charge is 2.21. The first-order chi connectivity index (χ1) is 13.2. The van der Waals surface area contributed by atoms with Crippen molar-refractivity contribution in [3.8, 4) is 0 Å². The summed E-state index contributed by atoms with van der Waals surface area (Å²) in [5.74, 6) is -0.764. The van der Waals surface area contributed by atoms with Crippen molar-refractivity contribution in [2.75, 3.05) is 17.1 Å². The number of nitrogens with zero attached hydrogens (tertiary/aromatic N) is 1. The molecule has 0 aliphatic heterocycles. The van der Waals surface area contributed by atoms with Crippen molar-refractivity contribution < 1.29 is 17.6 Å². The van der Waals surface area contributed by atoms with Crippen LogP contribution in [-0.4, -0.2) is 27.1 Å². The van der Waals surface area contributed by atoms with Crippen molar-refractivity contribution in [2.24, 2.45) is 0 Å². The summed E-state index contributed by atoms with van der Waals surface area (Å²) in [4.78, 5) is 12.4. The number of hydrogen-bond acceptors (Lipinski definition) is 3. The second kappa shape index (κ2) is 9.68. The van der Waals surface area contributed by atoms with Crippen LogP contribution in [0.25, 0.3) is 0 Å². The van der Waals surface area contributed by atoms with Crippen molar-refractivity contribution in [1.29, 1.82) is 0 Å². The molecule has 0 unspecified atom stereocenters. The Morgan fingerprint density at radius 2 is 1.79 bits per heavy atom. The number of carbonyl (C=O) groups excluding carboxylic acids is 1. The van der Waals surface area contributed by atoms with Gasteiger partial charge in [-0.3, -0.25) is 9.10 Å². The van der Waals surface area contributed by atoms with Gasteiger partial charge in [-0.05, 0) is 43.0 Å². The molecule has 0 aliphatic rings. The lowest BCUT2D eigenvalue weighted by molar-refractivity contribution is -0.121. The quantitative estimate of drug-likeness (QED) is 0.686. The van der Waals surface area contributed by atoms with Gasteiger partial charge in [-0.25, -0.2) is 12.8 Å². The molecule has 2 aromatic carbocycles. The van der Waals surface area contributed by atoms with E-state index in [9.17, 15) is 17.6 Å². The van der Waals surface area contributed by atoms with Gasteiger partial charge in [0, 0.05) is 13.0 Å². The van der Waals surface area contributed by atoms with Gasteiger partial charge >= 0.3 is 0 Å². The van der Waals surface area contributed by atoms with Crippen LogP contribution < -0.4 is 9.62 Å². The number of sulfonamides is 1.